The molecule has 8 nitrogen and oxygen atoms in total. The molecule has 1 N–H and O–H groups in total. The van der Waals surface area contributed by atoms with E-state index in [1.807, 2.05) is 0 Å². The first kappa shape index (κ1) is 15.1. The Kier molecular flexibility index (Phi) is 4.61. The lowest BCUT2D eigenvalue weighted by atomic mass is 9.99. The highest BCUT2D eigenvalue weighted by molar-refractivity contribution is 5.80. The van der Waals surface area contributed by atoms with Crippen LogP contribution in [0.1, 0.15) is 33.6 Å². The molecule has 1 saturated heterocycles. The van der Waals surface area contributed by atoms with Gasteiger partial charge in [0.15, 0.2) is 0 Å². The first-order valence-corrected chi connectivity index (χ1v) is 6.01. The standard InChI is InChI=1S/C11H18N4O4/c1-11(2,3)19-10(18)15-6-7(13-14-12)4-5-8(15)9(16)17/h7-8H,4-6H2,1-3H3,(H,16,17)/t7-,8+/m1/s1. The van der Waals surface area contributed by atoms with Crippen molar-refractivity contribution in [2.45, 2.75) is 51.3 Å². The van der Waals surface area contributed by atoms with Crippen LogP contribution in [0.2, 0.25) is 0 Å². The average molecular weight is 270 g/mol. The Labute approximate surface area is 111 Å². The number of likely N-dealkylation sites (tertiary alicyclic amines) is 1. The number of azide groups is 1. The van der Waals surface area contributed by atoms with Gasteiger partial charge in [-0.2, -0.15) is 0 Å². The molecule has 8 heteroatoms. The van der Waals surface area contributed by atoms with Crippen molar-refractivity contribution in [1.29, 1.82) is 0 Å². The van der Waals surface area contributed by atoms with Crippen molar-refractivity contribution < 1.29 is 19.4 Å². The first-order valence-electron chi connectivity index (χ1n) is 6.01. The van der Waals surface area contributed by atoms with Gasteiger partial charge >= 0.3 is 12.1 Å². The number of ether oxygens (including phenoxy) is 1. The van der Waals surface area contributed by atoms with E-state index in [0.29, 0.717) is 6.42 Å². The lowest BCUT2D eigenvalue weighted by molar-refractivity contribution is -0.144. The molecule has 19 heavy (non-hydrogen) atoms. The number of carbonyl (C=O) groups excluding carboxylic acids is 1. The molecule has 1 aliphatic rings. The molecule has 1 fully saturated rings. The van der Waals surface area contributed by atoms with Crippen LogP contribution < -0.4 is 0 Å². The monoisotopic (exact) mass is 270 g/mol. The molecule has 0 unspecified atom stereocenters. The number of carbonyl (C=O) groups is 2. The third-order valence-electron chi connectivity index (χ3n) is 2.69. The summed E-state index contributed by atoms with van der Waals surface area (Å²) in [5.41, 5.74) is 7.71. The molecular formula is C11H18N4O4. The number of aliphatic carboxylic acids is 1. The summed E-state index contributed by atoms with van der Waals surface area (Å²) in [6.07, 6.45) is -0.00349. The number of hydrogen-bond donors (Lipinski definition) is 1. The predicted molar refractivity (Wildman–Crippen MR) is 66.5 cm³/mol. The lowest BCUT2D eigenvalue weighted by Gasteiger charge is -2.36. The molecule has 0 spiro atoms. The fourth-order valence-electron chi connectivity index (χ4n) is 1.90. The Bertz CT molecular complexity index is 411. The largest absolute Gasteiger partial charge is 0.480 e. The van der Waals surface area contributed by atoms with Gasteiger partial charge in [0.2, 0.25) is 0 Å². The Balaban J connectivity index is 2.85. The number of amides is 1. The molecule has 1 aliphatic heterocycles. The molecule has 0 radical (unpaired) electrons. The van der Waals surface area contributed by atoms with E-state index in [4.69, 9.17) is 15.4 Å². The number of rotatable bonds is 2. The number of hydrogen-bond acceptors (Lipinski definition) is 4. The average Bonchev–Trinajstić information content (AvgIpc) is 2.26. The Morgan fingerprint density at radius 2 is 2.05 bits per heavy atom. The van der Waals surface area contributed by atoms with Gasteiger partial charge in [0.1, 0.15) is 11.6 Å². The van der Waals surface area contributed by atoms with Crippen LogP contribution in [0.4, 0.5) is 4.79 Å². The van der Waals surface area contributed by atoms with Gasteiger partial charge in [0.05, 0.1) is 6.04 Å². The van der Waals surface area contributed by atoms with E-state index >= 15 is 0 Å². The Morgan fingerprint density at radius 1 is 1.42 bits per heavy atom. The van der Waals surface area contributed by atoms with Crippen LogP contribution in [0.15, 0.2) is 5.11 Å². The maximum absolute atomic E-state index is 12.0. The van der Waals surface area contributed by atoms with Crippen LogP contribution in [0.5, 0.6) is 0 Å². The van der Waals surface area contributed by atoms with Gasteiger partial charge in [-0.3, -0.25) is 4.90 Å². The zero-order valence-electron chi connectivity index (χ0n) is 11.2. The highest BCUT2D eigenvalue weighted by atomic mass is 16.6. The van der Waals surface area contributed by atoms with Gasteiger partial charge in [-0.05, 0) is 39.1 Å². The van der Waals surface area contributed by atoms with E-state index in [1.54, 1.807) is 20.8 Å². The van der Waals surface area contributed by atoms with E-state index in [0.717, 1.165) is 4.90 Å². The molecule has 0 bridgehead atoms. The maximum Gasteiger partial charge on any atom is 0.411 e. The summed E-state index contributed by atoms with van der Waals surface area (Å²) in [7, 11) is 0. The fourth-order valence-corrected chi connectivity index (χ4v) is 1.90. The van der Waals surface area contributed by atoms with E-state index < -0.39 is 29.7 Å². The van der Waals surface area contributed by atoms with Crippen molar-refractivity contribution in [3.8, 4) is 0 Å². The highest BCUT2D eigenvalue weighted by Crippen LogP contribution is 2.22. The molecule has 1 rings (SSSR count). The molecular weight excluding hydrogens is 252 g/mol. The molecule has 2 atom stereocenters. The van der Waals surface area contributed by atoms with Gasteiger partial charge in [-0.1, -0.05) is 5.11 Å². The molecule has 0 saturated carbocycles. The minimum Gasteiger partial charge on any atom is -0.480 e. The van der Waals surface area contributed by atoms with Crippen molar-refractivity contribution in [1.82, 2.24) is 4.90 Å². The minimum atomic E-state index is -1.08. The van der Waals surface area contributed by atoms with Crippen LogP contribution in [0, 0.1) is 0 Å². The van der Waals surface area contributed by atoms with Crippen molar-refractivity contribution in [3.05, 3.63) is 10.4 Å². The molecule has 106 valence electrons. The summed E-state index contributed by atoms with van der Waals surface area (Å²) in [4.78, 5) is 26.9. The zero-order chi connectivity index (χ0) is 14.6. The normalized spacial score (nSPS) is 23.4. The van der Waals surface area contributed by atoms with Crippen LogP contribution >= 0.6 is 0 Å². The molecule has 0 aromatic rings. The second-order valence-electron chi connectivity index (χ2n) is 5.42. The zero-order valence-corrected chi connectivity index (χ0v) is 11.2. The predicted octanol–water partition coefficient (Wildman–Crippen LogP) is 2.15. The van der Waals surface area contributed by atoms with Crippen LogP contribution in [0.3, 0.4) is 0 Å². The summed E-state index contributed by atoms with van der Waals surface area (Å²) in [6, 6.07) is -1.34. The third-order valence-corrected chi connectivity index (χ3v) is 2.69. The van der Waals surface area contributed by atoms with Crippen molar-refractivity contribution in [2.75, 3.05) is 6.54 Å². The van der Waals surface area contributed by atoms with Gasteiger partial charge in [0.25, 0.3) is 0 Å². The Morgan fingerprint density at radius 3 is 2.53 bits per heavy atom. The number of piperidine rings is 1. The Hall–Kier alpha value is -1.95. The van der Waals surface area contributed by atoms with Crippen molar-refractivity contribution >= 4 is 12.1 Å². The smallest absolute Gasteiger partial charge is 0.411 e. The lowest BCUT2D eigenvalue weighted by Crippen LogP contribution is -2.53. The number of carboxylic acid groups (broad SMARTS) is 1. The van der Waals surface area contributed by atoms with Crippen LogP contribution in [0.25, 0.3) is 10.4 Å². The minimum absolute atomic E-state index is 0.0654. The summed E-state index contributed by atoms with van der Waals surface area (Å²) < 4.78 is 5.17. The third kappa shape index (κ3) is 4.33. The van der Waals surface area contributed by atoms with E-state index in [9.17, 15) is 9.59 Å². The summed E-state index contributed by atoms with van der Waals surface area (Å²) in [5.74, 6) is -1.08. The van der Waals surface area contributed by atoms with Crippen LogP contribution in [-0.2, 0) is 9.53 Å². The summed E-state index contributed by atoms with van der Waals surface area (Å²) in [5, 5.41) is 12.7. The van der Waals surface area contributed by atoms with Crippen molar-refractivity contribution in [3.63, 3.8) is 0 Å². The van der Waals surface area contributed by atoms with E-state index in [1.165, 1.54) is 0 Å². The molecule has 0 aromatic heterocycles. The van der Waals surface area contributed by atoms with Gasteiger partial charge < -0.3 is 9.84 Å². The fraction of sp³-hybridized carbons (Fsp3) is 0.818. The van der Waals surface area contributed by atoms with Crippen molar-refractivity contribution in [2.24, 2.45) is 5.11 Å². The first-order chi connectivity index (χ1) is 8.74. The second kappa shape index (κ2) is 5.79. The maximum atomic E-state index is 12.0. The molecule has 0 aliphatic carbocycles. The quantitative estimate of drug-likeness (QED) is 0.470. The number of nitrogens with zero attached hydrogens (tertiary/aromatic N) is 4. The van der Waals surface area contributed by atoms with E-state index in [2.05, 4.69) is 10.0 Å². The molecule has 0 aromatic carbocycles. The summed E-state index contributed by atoms with van der Waals surface area (Å²) in [6.45, 7) is 5.18. The van der Waals surface area contributed by atoms with Gasteiger partial charge in [-0.25, -0.2) is 9.59 Å². The topological polar surface area (TPSA) is 116 Å². The highest BCUT2D eigenvalue weighted by Gasteiger charge is 2.37. The van der Waals surface area contributed by atoms with E-state index in [-0.39, 0.29) is 13.0 Å². The SMILES string of the molecule is CC(C)(C)OC(=O)N1C[C@H](N=[N+]=[N-])CC[C@H]1C(=O)O. The molecule has 1 amide bonds. The molecule has 1 heterocycles. The van der Waals surface area contributed by atoms with Gasteiger partial charge in [0, 0.05) is 11.5 Å². The second-order valence-corrected chi connectivity index (χ2v) is 5.42. The van der Waals surface area contributed by atoms with Gasteiger partial charge in [-0.15, -0.1) is 0 Å². The summed E-state index contributed by atoms with van der Waals surface area (Å²) >= 11 is 0. The number of carboxylic acids is 1. The van der Waals surface area contributed by atoms with Crippen LogP contribution in [-0.4, -0.2) is 46.3 Å².